The van der Waals surface area contributed by atoms with Crippen LogP contribution in [0.5, 0.6) is 0 Å². The van der Waals surface area contributed by atoms with Crippen molar-refractivity contribution in [2.45, 2.75) is 6.43 Å². The first-order chi connectivity index (χ1) is 6.18. The topological polar surface area (TPSA) is 28.7 Å². The molecule has 0 aliphatic carbocycles. The fourth-order valence-electron chi connectivity index (χ4n) is 1.18. The van der Waals surface area contributed by atoms with E-state index in [0.717, 1.165) is 12.1 Å². The summed E-state index contributed by atoms with van der Waals surface area (Å²) < 4.78 is 37.1. The second-order valence-electron chi connectivity index (χ2n) is 2.60. The minimum absolute atomic E-state index is 0.261. The smallest absolute Gasteiger partial charge is 0.277 e. The minimum Gasteiger partial charge on any atom is -0.277 e. The number of H-pyrrole nitrogens is 1. The Morgan fingerprint density at radius 1 is 1.31 bits per heavy atom. The first-order valence-corrected chi connectivity index (χ1v) is 3.60. The van der Waals surface area contributed by atoms with Gasteiger partial charge in [0.2, 0.25) is 0 Å². The molecule has 0 saturated carbocycles. The molecular weight excluding hydrogens is 181 g/mol. The van der Waals surface area contributed by atoms with E-state index < -0.39 is 12.2 Å². The van der Waals surface area contributed by atoms with Crippen molar-refractivity contribution in [3.05, 3.63) is 29.7 Å². The molecule has 0 unspecified atom stereocenters. The van der Waals surface area contributed by atoms with Crippen LogP contribution < -0.4 is 0 Å². The summed E-state index contributed by atoms with van der Waals surface area (Å²) >= 11 is 0. The molecular formula is C8H5F3N2. The summed E-state index contributed by atoms with van der Waals surface area (Å²) in [5.74, 6) is -0.475. The van der Waals surface area contributed by atoms with Gasteiger partial charge in [0.15, 0.2) is 0 Å². The Labute approximate surface area is 71.4 Å². The zero-order valence-corrected chi connectivity index (χ0v) is 6.39. The highest BCUT2D eigenvalue weighted by Gasteiger charge is 2.15. The fraction of sp³-hybridized carbons (Fsp3) is 0.125. The van der Waals surface area contributed by atoms with Crippen LogP contribution in [0.1, 0.15) is 12.1 Å². The fourth-order valence-corrected chi connectivity index (χ4v) is 1.18. The number of rotatable bonds is 1. The van der Waals surface area contributed by atoms with Crippen LogP contribution >= 0.6 is 0 Å². The summed E-state index contributed by atoms with van der Waals surface area (Å²) in [4.78, 5) is 0. The second-order valence-corrected chi connectivity index (χ2v) is 2.60. The van der Waals surface area contributed by atoms with Crippen LogP contribution in [0.15, 0.2) is 18.2 Å². The Bertz CT molecular complexity index is 436. The summed E-state index contributed by atoms with van der Waals surface area (Å²) in [6.45, 7) is 0. The molecule has 0 bridgehead atoms. The summed E-state index contributed by atoms with van der Waals surface area (Å²) in [7, 11) is 0. The monoisotopic (exact) mass is 186 g/mol. The van der Waals surface area contributed by atoms with Gasteiger partial charge in [-0.2, -0.15) is 5.10 Å². The molecule has 0 atom stereocenters. The highest BCUT2D eigenvalue weighted by Crippen LogP contribution is 2.25. The minimum atomic E-state index is -2.64. The molecule has 2 aromatic rings. The first kappa shape index (κ1) is 8.10. The van der Waals surface area contributed by atoms with E-state index in [1.54, 1.807) is 0 Å². The summed E-state index contributed by atoms with van der Waals surface area (Å²) in [5, 5.41) is 6.00. The van der Waals surface area contributed by atoms with Crippen LogP contribution in [0.3, 0.4) is 0 Å². The third-order valence-electron chi connectivity index (χ3n) is 1.76. The van der Waals surface area contributed by atoms with Gasteiger partial charge in [0.1, 0.15) is 11.5 Å². The molecule has 68 valence electrons. The Balaban J connectivity index is 2.69. The van der Waals surface area contributed by atoms with E-state index in [4.69, 9.17) is 0 Å². The number of fused-ring (bicyclic) bond motifs is 1. The average Bonchev–Trinajstić information content (AvgIpc) is 2.46. The predicted molar refractivity (Wildman–Crippen MR) is 41.0 cm³/mol. The number of halogens is 3. The number of alkyl halides is 2. The maximum Gasteiger partial charge on any atom is 0.282 e. The SMILES string of the molecule is Fc1ccc2c(C(F)F)n[nH]c2c1. The number of hydrogen-bond donors (Lipinski definition) is 1. The molecule has 0 aliphatic heterocycles. The molecule has 0 aliphatic rings. The van der Waals surface area contributed by atoms with E-state index >= 15 is 0 Å². The van der Waals surface area contributed by atoms with E-state index in [-0.39, 0.29) is 16.6 Å². The molecule has 0 spiro atoms. The van der Waals surface area contributed by atoms with Gasteiger partial charge < -0.3 is 0 Å². The van der Waals surface area contributed by atoms with Crippen molar-refractivity contribution >= 4 is 10.9 Å². The van der Waals surface area contributed by atoms with Crippen molar-refractivity contribution in [2.24, 2.45) is 0 Å². The zero-order chi connectivity index (χ0) is 9.42. The highest BCUT2D eigenvalue weighted by molar-refractivity contribution is 5.81. The van der Waals surface area contributed by atoms with Gasteiger partial charge in [-0.1, -0.05) is 0 Å². The summed E-state index contributed by atoms with van der Waals surface area (Å²) in [6.07, 6.45) is -2.64. The van der Waals surface area contributed by atoms with E-state index in [9.17, 15) is 13.2 Å². The van der Waals surface area contributed by atoms with Gasteiger partial charge in [0, 0.05) is 5.39 Å². The van der Waals surface area contributed by atoms with Crippen LogP contribution in [0.2, 0.25) is 0 Å². The van der Waals surface area contributed by atoms with Crippen molar-refractivity contribution in [1.82, 2.24) is 10.2 Å². The molecule has 1 N–H and O–H groups in total. The molecule has 1 heterocycles. The summed E-state index contributed by atoms with van der Waals surface area (Å²) in [6, 6.07) is 3.55. The Morgan fingerprint density at radius 2 is 2.08 bits per heavy atom. The number of aromatic amines is 1. The maximum atomic E-state index is 12.6. The quantitative estimate of drug-likeness (QED) is 0.728. The zero-order valence-electron chi connectivity index (χ0n) is 6.39. The van der Waals surface area contributed by atoms with Crippen LogP contribution in [0, 0.1) is 5.82 Å². The standard InChI is InChI=1S/C8H5F3N2/c9-4-1-2-5-6(3-4)12-13-7(5)8(10)11/h1-3,8H,(H,12,13). The highest BCUT2D eigenvalue weighted by atomic mass is 19.3. The van der Waals surface area contributed by atoms with E-state index in [1.807, 2.05) is 0 Å². The van der Waals surface area contributed by atoms with Gasteiger partial charge in [0.05, 0.1) is 5.52 Å². The molecule has 5 heteroatoms. The molecule has 0 fully saturated rings. The Hall–Kier alpha value is -1.52. The molecule has 2 nitrogen and oxygen atoms in total. The molecule has 1 aromatic carbocycles. The lowest BCUT2D eigenvalue weighted by Gasteiger charge is -1.93. The van der Waals surface area contributed by atoms with Crippen molar-refractivity contribution in [3.63, 3.8) is 0 Å². The third kappa shape index (κ3) is 1.26. The average molecular weight is 186 g/mol. The van der Waals surface area contributed by atoms with Gasteiger partial charge in [-0.05, 0) is 18.2 Å². The van der Waals surface area contributed by atoms with Crippen LogP contribution in [-0.4, -0.2) is 10.2 Å². The normalized spacial score (nSPS) is 11.4. The lowest BCUT2D eigenvalue weighted by Crippen LogP contribution is -1.83. The van der Waals surface area contributed by atoms with Crippen molar-refractivity contribution < 1.29 is 13.2 Å². The van der Waals surface area contributed by atoms with Crippen molar-refractivity contribution in [2.75, 3.05) is 0 Å². The van der Waals surface area contributed by atoms with Gasteiger partial charge in [-0.3, -0.25) is 5.10 Å². The van der Waals surface area contributed by atoms with E-state index in [0.29, 0.717) is 0 Å². The van der Waals surface area contributed by atoms with Crippen molar-refractivity contribution in [1.29, 1.82) is 0 Å². The van der Waals surface area contributed by atoms with Gasteiger partial charge in [0.25, 0.3) is 6.43 Å². The molecule has 13 heavy (non-hydrogen) atoms. The Morgan fingerprint density at radius 3 is 2.77 bits per heavy atom. The second kappa shape index (κ2) is 2.76. The van der Waals surface area contributed by atoms with Gasteiger partial charge in [-0.15, -0.1) is 0 Å². The van der Waals surface area contributed by atoms with E-state index in [1.165, 1.54) is 6.07 Å². The molecule has 0 amide bonds. The molecule has 0 saturated heterocycles. The van der Waals surface area contributed by atoms with Gasteiger partial charge >= 0.3 is 0 Å². The largest absolute Gasteiger partial charge is 0.282 e. The number of aromatic nitrogens is 2. The first-order valence-electron chi connectivity index (χ1n) is 3.60. The number of hydrogen-bond acceptors (Lipinski definition) is 1. The lowest BCUT2D eigenvalue weighted by molar-refractivity contribution is 0.147. The van der Waals surface area contributed by atoms with Crippen LogP contribution in [0.4, 0.5) is 13.2 Å². The number of nitrogens with one attached hydrogen (secondary N) is 1. The molecule has 0 radical (unpaired) electrons. The number of nitrogens with zero attached hydrogens (tertiary/aromatic N) is 1. The third-order valence-corrected chi connectivity index (χ3v) is 1.76. The lowest BCUT2D eigenvalue weighted by atomic mass is 10.2. The van der Waals surface area contributed by atoms with Crippen molar-refractivity contribution in [3.8, 4) is 0 Å². The molecule has 2 rings (SSSR count). The van der Waals surface area contributed by atoms with Crippen LogP contribution in [0.25, 0.3) is 10.9 Å². The van der Waals surface area contributed by atoms with E-state index in [2.05, 4.69) is 10.2 Å². The predicted octanol–water partition coefficient (Wildman–Crippen LogP) is 2.64. The molecule has 1 aromatic heterocycles. The maximum absolute atomic E-state index is 12.6. The number of benzene rings is 1. The van der Waals surface area contributed by atoms with Gasteiger partial charge in [-0.25, -0.2) is 13.2 Å². The van der Waals surface area contributed by atoms with Crippen LogP contribution in [-0.2, 0) is 0 Å². The summed E-state index contributed by atoms with van der Waals surface area (Å²) in [5.41, 5.74) is -0.0506. The Kier molecular flexibility index (Phi) is 1.72.